The Labute approximate surface area is 101 Å². The maximum atomic E-state index is 12.8. The first-order chi connectivity index (χ1) is 8.38. The molecule has 0 unspecified atom stereocenters. The number of esters is 1. The average molecular weight is 260 g/mol. The normalized spacial score (nSPS) is 10.5. The summed E-state index contributed by atoms with van der Waals surface area (Å²) in [4.78, 5) is 24.6. The van der Waals surface area contributed by atoms with Crippen LogP contribution in [-0.4, -0.2) is 22.5 Å². The van der Waals surface area contributed by atoms with E-state index in [1.807, 2.05) is 0 Å². The van der Waals surface area contributed by atoms with Gasteiger partial charge in [0.25, 0.3) is 6.43 Å². The summed E-state index contributed by atoms with van der Waals surface area (Å²) in [5.74, 6) is -1.69. The van der Waals surface area contributed by atoms with E-state index in [1.54, 1.807) is 0 Å². The van der Waals surface area contributed by atoms with Gasteiger partial charge in [-0.05, 0) is 16.8 Å². The van der Waals surface area contributed by atoms with Gasteiger partial charge in [0.2, 0.25) is 0 Å². The Hall–Kier alpha value is -2.12. The molecule has 6 nitrogen and oxygen atoms in total. The Kier molecular flexibility index (Phi) is 4.24. The highest BCUT2D eigenvalue weighted by molar-refractivity contribution is 5.92. The van der Waals surface area contributed by atoms with E-state index in [0.29, 0.717) is 6.07 Å². The molecule has 0 amide bonds. The van der Waals surface area contributed by atoms with E-state index in [1.165, 1.54) is 13.8 Å². The van der Waals surface area contributed by atoms with Crippen molar-refractivity contribution in [3.63, 3.8) is 0 Å². The third kappa shape index (κ3) is 2.76. The summed E-state index contributed by atoms with van der Waals surface area (Å²) in [6.07, 6.45) is -2.96. The van der Waals surface area contributed by atoms with E-state index >= 15 is 0 Å². The summed E-state index contributed by atoms with van der Waals surface area (Å²) < 4.78 is 30.2. The van der Waals surface area contributed by atoms with Crippen LogP contribution in [0.5, 0.6) is 0 Å². The number of hydrogen-bond acceptors (Lipinski definition) is 5. The van der Waals surface area contributed by atoms with Crippen molar-refractivity contribution >= 4 is 11.8 Å². The summed E-state index contributed by atoms with van der Waals surface area (Å²) in [5.41, 5.74) is -1.42. The minimum atomic E-state index is -2.96. The zero-order valence-corrected chi connectivity index (χ0v) is 9.65. The lowest BCUT2D eigenvalue weighted by atomic mass is 10.1. The molecule has 0 aliphatic heterocycles. The monoisotopic (exact) mass is 260 g/mol. The third-order valence-corrected chi connectivity index (χ3v) is 2.14. The molecule has 98 valence electrons. The van der Waals surface area contributed by atoms with E-state index in [-0.39, 0.29) is 12.3 Å². The molecule has 0 aliphatic rings. The lowest BCUT2D eigenvalue weighted by Gasteiger charge is -2.08. The van der Waals surface area contributed by atoms with Crippen LogP contribution in [0, 0.1) is 17.0 Å². The van der Waals surface area contributed by atoms with Crippen LogP contribution in [0.1, 0.15) is 35.0 Å². The number of carbonyl (C=O) groups is 1. The molecule has 0 atom stereocenters. The number of nitro groups is 1. The standard InChI is InChI=1S/C10H10F2N2O4/c1-3-18-10(15)6-4-7(14(16)17)13-5(2)8(6)9(11)12/h4,9H,3H2,1-2H3. The first kappa shape index (κ1) is 13.9. The Balaban J connectivity index is 3.42. The second-order valence-corrected chi connectivity index (χ2v) is 3.31. The van der Waals surface area contributed by atoms with Gasteiger partial charge in [0.1, 0.15) is 0 Å². The Morgan fingerprint density at radius 3 is 2.67 bits per heavy atom. The van der Waals surface area contributed by atoms with Gasteiger partial charge in [0, 0.05) is 6.92 Å². The number of rotatable bonds is 4. The molecule has 1 aromatic heterocycles. The SMILES string of the molecule is CCOC(=O)c1cc([N+](=O)[O-])nc(C)c1C(F)F. The predicted octanol–water partition coefficient (Wildman–Crippen LogP) is 2.41. The molecule has 8 heteroatoms. The van der Waals surface area contributed by atoms with Crippen molar-refractivity contribution in [3.8, 4) is 0 Å². The first-order valence-corrected chi connectivity index (χ1v) is 4.99. The number of alkyl halides is 2. The van der Waals surface area contributed by atoms with Crippen LogP contribution in [0.3, 0.4) is 0 Å². The molecule has 1 rings (SSSR count). The molecule has 1 heterocycles. The van der Waals surface area contributed by atoms with Crippen molar-refractivity contribution in [2.24, 2.45) is 0 Å². The molecular weight excluding hydrogens is 250 g/mol. The van der Waals surface area contributed by atoms with Crippen molar-refractivity contribution in [1.82, 2.24) is 4.98 Å². The maximum Gasteiger partial charge on any atom is 0.364 e. The van der Waals surface area contributed by atoms with E-state index < -0.39 is 34.3 Å². The fraction of sp³-hybridized carbons (Fsp3) is 0.400. The molecule has 0 N–H and O–H groups in total. The van der Waals surface area contributed by atoms with Gasteiger partial charge in [0.05, 0.1) is 23.8 Å². The first-order valence-electron chi connectivity index (χ1n) is 4.99. The number of ether oxygens (including phenoxy) is 1. The highest BCUT2D eigenvalue weighted by Gasteiger charge is 2.28. The van der Waals surface area contributed by atoms with E-state index in [9.17, 15) is 23.7 Å². The molecule has 0 bridgehead atoms. The molecule has 1 aromatic rings. The number of pyridine rings is 1. The van der Waals surface area contributed by atoms with Gasteiger partial charge in [0.15, 0.2) is 5.69 Å². The average Bonchev–Trinajstić information content (AvgIpc) is 2.27. The van der Waals surface area contributed by atoms with Gasteiger partial charge in [-0.15, -0.1) is 0 Å². The smallest absolute Gasteiger partial charge is 0.364 e. The number of nitrogens with zero attached hydrogens (tertiary/aromatic N) is 2. The molecule has 0 fully saturated rings. The van der Waals surface area contributed by atoms with Gasteiger partial charge < -0.3 is 14.9 Å². The number of aryl methyl sites for hydroxylation is 1. The predicted molar refractivity (Wildman–Crippen MR) is 56.5 cm³/mol. The largest absolute Gasteiger partial charge is 0.462 e. The van der Waals surface area contributed by atoms with E-state index in [2.05, 4.69) is 9.72 Å². The molecular formula is C10H10F2N2O4. The third-order valence-electron chi connectivity index (χ3n) is 2.14. The molecule has 0 saturated heterocycles. The van der Waals surface area contributed by atoms with Gasteiger partial charge in [-0.3, -0.25) is 0 Å². The lowest BCUT2D eigenvalue weighted by molar-refractivity contribution is -0.389. The molecule has 18 heavy (non-hydrogen) atoms. The topological polar surface area (TPSA) is 82.3 Å². The zero-order chi connectivity index (χ0) is 13.9. The number of hydrogen-bond donors (Lipinski definition) is 0. The fourth-order valence-corrected chi connectivity index (χ4v) is 1.41. The quantitative estimate of drug-likeness (QED) is 0.471. The zero-order valence-electron chi connectivity index (χ0n) is 9.65. The van der Waals surface area contributed by atoms with Crippen LogP contribution in [-0.2, 0) is 4.74 Å². The number of aromatic nitrogens is 1. The van der Waals surface area contributed by atoms with Crippen LogP contribution < -0.4 is 0 Å². The molecule has 0 aromatic carbocycles. The summed E-state index contributed by atoms with van der Waals surface area (Å²) in [6, 6.07) is 0.701. The summed E-state index contributed by atoms with van der Waals surface area (Å²) in [5, 5.41) is 10.6. The summed E-state index contributed by atoms with van der Waals surface area (Å²) >= 11 is 0. The van der Waals surface area contributed by atoms with Crippen LogP contribution >= 0.6 is 0 Å². The molecule has 0 aliphatic carbocycles. The second kappa shape index (κ2) is 5.48. The lowest BCUT2D eigenvalue weighted by Crippen LogP contribution is -2.12. The Morgan fingerprint density at radius 1 is 1.61 bits per heavy atom. The summed E-state index contributed by atoms with van der Waals surface area (Å²) in [6.45, 7) is 2.66. The Morgan fingerprint density at radius 2 is 2.22 bits per heavy atom. The van der Waals surface area contributed by atoms with Crippen LogP contribution in [0.2, 0.25) is 0 Å². The van der Waals surface area contributed by atoms with Crippen molar-refractivity contribution in [1.29, 1.82) is 0 Å². The fourth-order valence-electron chi connectivity index (χ4n) is 1.41. The number of carbonyl (C=O) groups excluding carboxylic acids is 1. The van der Waals surface area contributed by atoms with Gasteiger partial charge in [-0.25, -0.2) is 13.6 Å². The van der Waals surface area contributed by atoms with Crippen molar-refractivity contribution in [2.75, 3.05) is 6.61 Å². The van der Waals surface area contributed by atoms with Gasteiger partial charge in [-0.1, -0.05) is 0 Å². The van der Waals surface area contributed by atoms with Crippen molar-refractivity contribution in [2.45, 2.75) is 20.3 Å². The molecule has 0 radical (unpaired) electrons. The Bertz CT molecular complexity index is 491. The maximum absolute atomic E-state index is 12.8. The van der Waals surface area contributed by atoms with Gasteiger partial charge in [-0.2, -0.15) is 0 Å². The van der Waals surface area contributed by atoms with Crippen molar-refractivity contribution in [3.05, 3.63) is 33.0 Å². The van der Waals surface area contributed by atoms with Crippen LogP contribution in [0.25, 0.3) is 0 Å². The van der Waals surface area contributed by atoms with Crippen LogP contribution in [0.4, 0.5) is 14.6 Å². The minimum absolute atomic E-state index is 0.0172. The van der Waals surface area contributed by atoms with E-state index in [0.717, 1.165) is 0 Å². The minimum Gasteiger partial charge on any atom is -0.462 e. The number of halogens is 2. The van der Waals surface area contributed by atoms with Crippen LogP contribution in [0.15, 0.2) is 6.07 Å². The van der Waals surface area contributed by atoms with E-state index in [4.69, 9.17) is 0 Å². The second-order valence-electron chi connectivity index (χ2n) is 3.31. The summed E-state index contributed by atoms with van der Waals surface area (Å²) in [7, 11) is 0. The molecule has 0 saturated carbocycles. The van der Waals surface area contributed by atoms with Crippen molar-refractivity contribution < 1.29 is 23.2 Å². The molecule has 0 spiro atoms. The highest BCUT2D eigenvalue weighted by Crippen LogP contribution is 2.28. The van der Waals surface area contributed by atoms with Gasteiger partial charge >= 0.3 is 11.8 Å². The highest BCUT2D eigenvalue weighted by atomic mass is 19.3.